The molecule has 4 aromatic rings. The van der Waals surface area contributed by atoms with Crippen LogP contribution >= 0.6 is 11.8 Å². The fourth-order valence-corrected chi connectivity index (χ4v) is 3.57. The van der Waals surface area contributed by atoms with Gasteiger partial charge in [0.1, 0.15) is 11.6 Å². The Hall–Kier alpha value is -3.52. The van der Waals surface area contributed by atoms with Gasteiger partial charge in [-0.3, -0.25) is 4.79 Å². The number of rotatable bonds is 6. The smallest absolute Gasteiger partial charge is 0.271 e. The van der Waals surface area contributed by atoms with Gasteiger partial charge in [0.15, 0.2) is 5.16 Å². The van der Waals surface area contributed by atoms with Crippen molar-refractivity contribution in [1.29, 1.82) is 0 Å². The zero-order valence-corrected chi connectivity index (χ0v) is 16.4. The largest absolute Gasteiger partial charge is 0.333 e. The van der Waals surface area contributed by atoms with Crippen LogP contribution in [-0.4, -0.2) is 22.1 Å². The van der Waals surface area contributed by atoms with Gasteiger partial charge >= 0.3 is 0 Å². The zero-order chi connectivity index (χ0) is 20.9. The Morgan fingerprint density at radius 2 is 1.90 bits per heavy atom. The van der Waals surface area contributed by atoms with Crippen molar-refractivity contribution in [3.05, 3.63) is 95.1 Å². The number of nitrogens with zero attached hydrogens (tertiary/aromatic N) is 2. The molecule has 0 fully saturated rings. The minimum absolute atomic E-state index is 0.0784. The summed E-state index contributed by atoms with van der Waals surface area (Å²) in [5.74, 6) is -1.15. The van der Waals surface area contributed by atoms with E-state index in [2.05, 4.69) is 20.5 Å². The van der Waals surface area contributed by atoms with Crippen LogP contribution in [-0.2, 0) is 5.75 Å². The summed E-state index contributed by atoms with van der Waals surface area (Å²) in [5.41, 5.74) is 5.78. The molecular weight excluding hydrogens is 406 g/mol. The molecule has 0 aliphatic heterocycles. The minimum atomic E-state index is -0.751. The van der Waals surface area contributed by atoms with Gasteiger partial charge in [0.2, 0.25) is 0 Å². The number of hydrogen-bond donors (Lipinski definition) is 2. The van der Waals surface area contributed by atoms with Gasteiger partial charge in [0, 0.05) is 22.9 Å². The Balaban J connectivity index is 1.33. The molecule has 0 unspecified atom stereocenters. The maximum atomic E-state index is 13.5. The minimum Gasteiger partial charge on any atom is -0.333 e. The number of thioether (sulfide) groups is 1. The lowest BCUT2D eigenvalue weighted by Crippen LogP contribution is -2.17. The summed E-state index contributed by atoms with van der Waals surface area (Å²) in [6.07, 6.45) is 1.13. The molecule has 0 saturated carbocycles. The molecule has 0 spiro atoms. The van der Waals surface area contributed by atoms with Gasteiger partial charge in [-0.15, -0.1) is 0 Å². The number of hydrogen-bond acceptors (Lipinski definition) is 4. The lowest BCUT2D eigenvalue weighted by atomic mass is 10.1. The van der Waals surface area contributed by atoms with Crippen LogP contribution in [0.3, 0.4) is 0 Å². The van der Waals surface area contributed by atoms with E-state index in [1.807, 2.05) is 36.4 Å². The van der Waals surface area contributed by atoms with E-state index in [0.717, 1.165) is 40.1 Å². The number of aromatic nitrogens is 2. The third-order valence-corrected chi connectivity index (χ3v) is 5.24. The summed E-state index contributed by atoms with van der Waals surface area (Å²) in [6, 6.07) is 18.1. The first kappa shape index (κ1) is 19.8. The highest BCUT2D eigenvalue weighted by molar-refractivity contribution is 7.98. The Labute approximate surface area is 175 Å². The molecule has 5 nitrogen and oxygen atoms in total. The summed E-state index contributed by atoms with van der Waals surface area (Å²) in [6.45, 7) is 0. The number of carbonyl (C=O) groups is 1. The van der Waals surface area contributed by atoms with Crippen molar-refractivity contribution in [1.82, 2.24) is 15.4 Å². The van der Waals surface area contributed by atoms with Crippen molar-refractivity contribution in [2.45, 2.75) is 10.9 Å². The number of carbonyl (C=O) groups excluding carboxylic acids is 1. The Morgan fingerprint density at radius 1 is 1.10 bits per heavy atom. The number of H-pyrrole nitrogens is 1. The van der Waals surface area contributed by atoms with Crippen LogP contribution in [0.4, 0.5) is 8.78 Å². The molecule has 30 heavy (non-hydrogen) atoms. The molecule has 8 heteroatoms. The molecule has 1 aromatic heterocycles. The molecule has 0 bridgehead atoms. The molecule has 3 aromatic carbocycles. The van der Waals surface area contributed by atoms with Gasteiger partial charge < -0.3 is 4.98 Å². The highest BCUT2D eigenvalue weighted by Gasteiger charge is 2.07. The maximum absolute atomic E-state index is 13.5. The number of benzene rings is 3. The number of halogens is 2. The second-order valence-corrected chi connectivity index (χ2v) is 7.37. The molecule has 150 valence electrons. The normalized spacial score (nSPS) is 11.3. The fourth-order valence-electron chi connectivity index (χ4n) is 2.73. The number of fused-ring (bicyclic) bond motifs is 1. The van der Waals surface area contributed by atoms with Crippen LogP contribution in [0, 0.1) is 11.6 Å². The second kappa shape index (κ2) is 8.87. The first-order chi connectivity index (χ1) is 14.6. The van der Waals surface area contributed by atoms with Crippen molar-refractivity contribution in [3.8, 4) is 0 Å². The van der Waals surface area contributed by atoms with E-state index in [9.17, 15) is 13.6 Å². The Morgan fingerprint density at radius 3 is 2.67 bits per heavy atom. The van der Waals surface area contributed by atoms with Crippen molar-refractivity contribution in [2.75, 3.05) is 0 Å². The molecule has 0 aliphatic carbocycles. The fraction of sp³-hybridized carbons (Fsp3) is 0.0455. The molecule has 0 atom stereocenters. The summed E-state index contributed by atoms with van der Waals surface area (Å²) >= 11 is 1.57. The molecule has 0 aliphatic rings. The zero-order valence-electron chi connectivity index (χ0n) is 15.6. The van der Waals surface area contributed by atoms with E-state index in [1.165, 1.54) is 6.07 Å². The predicted molar refractivity (Wildman–Crippen MR) is 114 cm³/mol. The molecule has 2 N–H and O–H groups in total. The van der Waals surface area contributed by atoms with E-state index >= 15 is 0 Å². The number of para-hydroxylation sites is 2. The third kappa shape index (κ3) is 4.72. The third-order valence-electron chi connectivity index (χ3n) is 4.29. The maximum Gasteiger partial charge on any atom is 0.271 e. The number of nitrogens with one attached hydrogen (secondary N) is 2. The van der Waals surface area contributed by atoms with Gasteiger partial charge in [0.05, 0.1) is 17.2 Å². The van der Waals surface area contributed by atoms with Crippen molar-refractivity contribution >= 4 is 34.9 Å². The van der Waals surface area contributed by atoms with Gasteiger partial charge in [-0.1, -0.05) is 36.0 Å². The average molecular weight is 422 g/mol. The SMILES string of the molecule is O=C(NN=Cc1ccc(F)cc1F)c1ccc(CSc2nc3ccccc3[nH]2)cc1. The highest BCUT2D eigenvalue weighted by atomic mass is 32.2. The van der Waals surface area contributed by atoms with Crippen LogP contribution in [0.25, 0.3) is 11.0 Å². The molecular formula is C22H16F2N4OS. The predicted octanol–water partition coefficient (Wildman–Crippen LogP) is 4.90. The van der Waals surface area contributed by atoms with Gasteiger partial charge in [0.25, 0.3) is 5.91 Å². The van der Waals surface area contributed by atoms with E-state index in [1.54, 1.807) is 23.9 Å². The number of aromatic amines is 1. The van der Waals surface area contributed by atoms with Gasteiger partial charge in [-0.25, -0.2) is 19.2 Å². The summed E-state index contributed by atoms with van der Waals surface area (Å²) in [5, 5.41) is 4.56. The molecule has 0 saturated heterocycles. The van der Waals surface area contributed by atoms with Crippen LogP contribution in [0.1, 0.15) is 21.5 Å². The van der Waals surface area contributed by atoms with Crippen LogP contribution < -0.4 is 5.43 Å². The molecule has 4 rings (SSSR count). The highest BCUT2D eigenvalue weighted by Crippen LogP contribution is 2.23. The Kier molecular flexibility index (Phi) is 5.85. The lowest BCUT2D eigenvalue weighted by Gasteiger charge is -2.03. The first-order valence-corrected chi connectivity index (χ1v) is 10.0. The summed E-state index contributed by atoms with van der Waals surface area (Å²) in [7, 11) is 0. The monoisotopic (exact) mass is 422 g/mol. The van der Waals surface area contributed by atoms with Crippen LogP contribution in [0.2, 0.25) is 0 Å². The van der Waals surface area contributed by atoms with E-state index in [-0.39, 0.29) is 5.56 Å². The topological polar surface area (TPSA) is 70.1 Å². The standard InChI is InChI=1S/C22H16F2N4OS/c23-17-10-9-16(18(24)11-17)12-25-28-21(29)15-7-5-14(6-8-15)13-30-22-26-19-3-1-2-4-20(19)27-22/h1-12H,13H2,(H,26,27)(H,28,29). The van der Waals surface area contributed by atoms with Gasteiger partial charge in [-0.2, -0.15) is 5.10 Å². The number of imidazole rings is 1. The quantitative estimate of drug-likeness (QED) is 0.264. The van der Waals surface area contributed by atoms with Crippen molar-refractivity contribution in [2.24, 2.45) is 5.10 Å². The first-order valence-electron chi connectivity index (χ1n) is 9.03. The van der Waals surface area contributed by atoms with Crippen molar-refractivity contribution < 1.29 is 13.6 Å². The van der Waals surface area contributed by atoms with E-state index in [0.29, 0.717) is 11.3 Å². The van der Waals surface area contributed by atoms with Gasteiger partial charge in [-0.05, 0) is 42.0 Å². The average Bonchev–Trinajstić information content (AvgIpc) is 3.17. The van der Waals surface area contributed by atoms with Crippen molar-refractivity contribution in [3.63, 3.8) is 0 Å². The Bertz CT molecular complexity index is 1190. The lowest BCUT2D eigenvalue weighted by molar-refractivity contribution is 0.0955. The molecule has 1 amide bonds. The number of hydrazone groups is 1. The summed E-state index contributed by atoms with van der Waals surface area (Å²) < 4.78 is 26.4. The van der Waals surface area contributed by atoms with E-state index < -0.39 is 17.5 Å². The van der Waals surface area contributed by atoms with Crippen LogP contribution in [0.5, 0.6) is 0 Å². The number of amides is 1. The van der Waals surface area contributed by atoms with Crippen LogP contribution in [0.15, 0.2) is 77.0 Å². The second-order valence-electron chi connectivity index (χ2n) is 6.41. The summed E-state index contributed by atoms with van der Waals surface area (Å²) in [4.78, 5) is 20.0. The molecule has 0 radical (unpaired) electrons. The van der Waals surface area contributed by atoms with E-state index in [4.69, 9.17) is 0 Å². The molecule has 1 heterocycles.